The highest BCUT2D eigenvalue weighted by Crippen LogP contribution is 2.46. The van der Waals surface area contributed by atoms with Crippen LogP contribution in [0.1, 0.15) is 48.6 Å². The summed E-state index contributed by atoms with van der Waals surface area (Å²) in [6.07, 6.45) is 1.69. The van der Waals surface area contributed by atoms with E-state index in [9.17, 15) is 14.4 Å². The van der Waals surface area contributed by atoms with Crippen LogP contribution in [0.3, 0.4) is 0 Å². The van der Waals surface area contributed by atoms with Gasteiger partial charge in [-0.3, -0.25) is 14.4 Å². The third-order valence-electron chi connectivity index (χ3n) is 4.07. The Morgan fingerprint density at radius 2 is 1.96 bits per heavy atom. The lowest BCUT2D eigenvalue weighted by atomic mass is 10.0. The van der Waals surface area contributed by atoms with Crippen LogP contribution in [0, 0.1) is 5.41 Å². The molecule has 1 aliphatic carbocycles. The smallest absolute Gasteiger partial charge is 0.227 e. The number of rotatable bonds is 7. The Kier molecular flexibility index (Phi) is 4.60. The molecule has 1 amide bonds. The van der Waals surface area contributed by atoms with E-state index in [1.807, 2.05) is 12.3 Å². The molecule has 126 valence electrons. The predicted octanol–water partition coefficient (Wildman–Crippen LogP) is 2.84. The van der Waals surface area contributed by atoms with Gasteiger partial charge < -0.3 is 5.32 Å². The molecule has 3 rings (SSSR count). The standard InChI is InChI=1S/C16H17N3O3S2/c1-9(20)10-7-24-15(19-10)11-8-23-14(18-11)6-17-13(22)5-12(21)16(2)3-4-16/h7-8H,3-6H2,1-2H3,(H,17,22). The minimum atomic E-state index is -0.273. The molecule has 0 atom stereocenters. The van der Waals surface area contributed by atoms with Gasteiger partial charge in [0.1, 0.15) is 27.2 Å². The van der Waals surface area contributed by atoms with Crippen LogP contribution in [-0.4, -0.2) is 27.4 Å². The number of amides is 1. The van der Waals surface area contributed by atoms with Gasteiger partial charge in [-0.2, -0.15) is 0 Å². The molecule has 1 aliphatic rings. The Morgan fingerprint density at radius 1 is 1.21 bits per heavy atom. The third kappa shape index (κ3) is 3.76. The highest BCUT2D eigenvalue weighted by atomic mass is 32.1. The van der Waals surface area contributed by atoms with Crippen LogP contribution in [0.15, 0.2) is 10.8 Å². The predicted molar refractivity (Wildman–Crippen MR) is 92.0 cm³/mol. The van der Waals surface area contributed by atoms with Gasteiger partial charge >= 0.3 is 0 Å². The molecule has 0 unspecified atom stereocenters. The number of hydrogen-bond donors (Lipinski definition) is 1. The van der Waals surface area contributed by atoms with Crippen molar-refractivity contribution in [3.63, 3.8) is 0 Å². The van der Waals surface area contributed by atoms with Gasteiger partial charge in [-0.15, -0.1) is 22.7 Å². The van der Waals surface area contributed by atoms with Gasteiger partial charge in [0.25, 0.3) is 0 Å². The minimum absolute atomic E-state index is 0.0133. The van der Waals surface area contributed by atoms with E-state index in [0.717, 1.165) is 17.8 Å². The summed E-state index contributed by atoms with van der Waals surface area (Å²) in [5.74, 6) is -0.327. The zero-order valence-electron chi connectivity index (χ0n) is 13.4. The Balaban J connectivity index is 1.55. The molecule has 1 fully saturated rings. The first-order valence-corrected chi connectivity index (χ1v) is 9.34. The molecule has 24 heavy (non-hydrogen) atoms. The van der Waals surface area contributed by atoms with Crippen molar-refractivity contribution in [2.75, 3.05) is 0 Å². The third-order valence-corrected chi connectivity index (χ3v) is 5.78. The lowest BCUT2D eigenvalue weighted by molar-refractivity contribution is -0.130. The average molecular weight is 363 g/mol. The van der Waals surface area contributed by atoms with E-state index >= 15 is 0 Å². The second-order valence-corrected chi connectivity index (χ2v) is 7.96. The molecule has 8 heteroatoms. The highest BCUT2D eigenvalue weighted by Gasteiger charge is 2.44. The fourth-order valence-corrected chi connectivity index (χ4v) is 3.72. The van der Waals surface area contributed by atoms with Gasteiger partial charge in [0, 0.05) is 23.1 Å². The maximum absolute atomic E-state index is 11.9. The molecule has 6 nitrogen and oxygen atoms in total. The first-order chi connectivity index (χ1) is 11.4. The Bertz CT molecular complexity index is 805. The van der Waals surface area contributed by atoms with Crippen LogP contribution < -0.4 is 5.32 Å². The fourth-order valence-electron chi connectivity index (χ4n) is 2.11. The molecule has 0 bridgehead atoms. The molecule has 0 aromatic carbocycles. The molecule has 0 spiro atoms. The van der Waals surface area contributed by atoms with Gasteiger partial charge in [0.15, 0.2) is 5.78 Å². The first-order valence-electron chi connectivity index (χ1n) is 7.59. The number of nitrogens with zero attached hydrogens (tertiary/aromatic N) is 2. The largest absolute Gasteiger partial charge is 0.349 e. The molecule has 0 radical (unpaired) electrons. The Morgan fingerprint density at radius 3 is 2.58 bits per heavy atom. The van der Waals surface area contributed by atoms with Gasteiger partial charge in [-0.1, -0.05) is 6.92 Å². The lowest BCUT2D eigenvalue weighted by Gasteiger charge is -2.06. The fraction of sp³-hybridized carbons (Fsp3) is 0.438. The summed E-state index contributed by atoms with van der Waals surface area (Å²) in [6.45, 7) is 3.67. The number of carbonyl (C=O) groups excluding carboxylic acids is 3. The molecular formula is C16H17N3O3S2. The van der Waals surface area contributed by atoms with E-state index < -0.39 is 0 Å². The molecule has 0 aliphatic heterocycles. The van der Waals surface area contributed by atoms with E-state index in [4.69, 9.17) is 0 Å². The van der Waals surface area contributed by atoms with Crippen LogP contribution in [0.2, 0.25) is 0 Å². The number of nitrogens with one attached hydrogen (secondary N) is 1. The van der Waals surface area contributed by atoms with E-state index in [1.54, 1.807) is 5.38 Å². The first kappa shape index (κ1) is 16.9. The van der Waals surface area contributed by atoms with Crippen molar-refractivity contribution in [2.45, 2.75) is 39.7 Å². The van der Waals surface area contributed by atoms with Gasteiger partial charge in [0.05, 0.1) is 13.0 Å². The SMILES string of the molecule is CC(=O)c1csc(-c2csc(CNC(=O)CC(=O)C3(C)CC3)n2)n1. The number of ketones is 2. The summed E-state index contributed by atoms with van der Waals surface area (Å²) >= 11 is 2.78. The number of Topliss-reactive ketones (excluding diaryl/α,β-unsaturated/α-hetero) is 2. The summed E-state index contributed by atoms with van der Waals surface area (Å²) in [5, 5.41) is 7.72. The van der Waals surface area contributed by atoms with E-state index in [2.05, 4.69) is 15.3 Å². The number of hydrogen-bond acceptors (Lipinski definition) is 7. The molecule has 2 heterocycles. The minimum Gasteiger partial charge on any atom is -0.349 e. The maximum Gasteiger partial charge on any atom is 0.227 e. The van der Waals surface area contributed by atoms with Crippen molar-refractivity contribution in [3.05, 3.63) is 21.5 Å². The molecule has 1 saturated carbocycles. The summed E-state index contributed by atoms with van der Waals surface area (Å²) in [7, 11) is 0. The molecule has 2 aromatic rings. The van der Waals surface area contributed by atoms with Crippen LogP contribution in [0.4, 0.5) is 0 Å². The van der Waals surface area contributed by atoms with E-state index in [-0.39, 0.29) is 29.3 Å². The van der Waals surface area contributed by atoms with E-state index in [1.165, 1.54) is 29.6 Å². The maximum atomic E-state index is 11.9. The van der Waals surface area contributed by atoms with Crippen LogP contribution in [0.25, 0.3) is 10.7 Å². The van der Waals surface area contributed by atoms with Crippen molar-refractivity contribution in [1.82, 2.24) is 15.3 Å². The van der Waals surface area contributed by atoms with Crippen molar-refractivity contribution in [3.8, 4) is 10.7 Å². The van der Waals surface area contributed by atoms with E-state index in [0.29, 0.717) is 22.9 Å². The zero-order chi connectivity index (χ0) is 17.3. The summed E-state index contributed by atoms with van der Waals surface area (Å²) < 4.78 is 0. The van der Waals surface area contributed by atoms with Gasteiger partial charge in [-0.25, -0.2) is 9.97 Å². The molecule has 0 saturated heterocycles. The van der Waals surface area contributed by atoms with Gasteiger partial charge in [0.2, 0.25) is 5.91 Å². The van der Waals surface area contributed by atoms with Crippen molar-refractivity contribution < 1.29 is 14.4 Å². The average Bonchev–Trinajstić information content (AvgIpc) is 2.96. The Labute approximate surface area is 147 Å². The van der Waals surface area contributed by atoms with Crippen molar-refractivity contribution >= 4 is 40.1 Å². The summed E-state index contributed by atoms with van der Waals surface area (Å²) in [6, 6.07) is 0. The zero-order valence-corrected chi connectivity index (χ0v) is 15.1. The van der Waals surface area contributed by atoms with Crippen molar-refractivity contribution in [2.24, 2.45) is 5.41 Å². The number of thiazole rings is 2. The molecule has 1 N–H and O–H groups in total. The van der Waals surface area contributed by atoms with Crippen molar-refractivity contribution in [1.29, 1.82) is 0 Å². The Hall–Kier alpha value is -1.93. The van der Waals surface area contributed by atoms with Crippen LogP contribution in [0.5, 0.6) is 0 Å². The monoisotopic (exact) mass is 363 g/mol. The number of carbonyl (C=O) groups is 3. The molecular weight excluding hydrogens is 346 g/mol. The quantitative estimate of drug-likeness (QED) is 0.603. The second kappa shape index (κ2) is 6.52. The normalized spacial score (nSPS) is 15.1. The van der Waals surface area contributed by atoms with Crippen LogP contribution in [-0.2, 0) is 16.1 Å². The summed E-state index contributed by atoms with van der Waals surface area (Å²) in [4.78, 5) is 43.7. The van der Waals surface area contributed by atoms with Crippen LogP contribution >= 0.6 is 22.7 Å². The second-order valence-electron chi connectivity index (χ2n) is 6.16. The number of aromatic nitrogens is 2. The lowest BCUT2D eigenvalue weighted by Crippen LogP contribution is -2.27. The topological polar surface area (TPSA) is 89.0 Å². The highest BCUT2D eigenvalue weighted by molar-refractivity contribution is 7.14. The van der Waals surface area contributed by atoms with Gasteiger partial charge in [-0.05, 0) is 12.8 Å². The summed E-state index contributed by atoms with van der Waals surface area (Å²) in [5.41, 5.74) is 0.860. The molecule has 2 aromatic heterocycles.